The number of carbonyl (C=O) groups is 2. The number of ketones is 1. The van der Waals surface area contributed by atoms with Gasteiger partial charge >= 0.3 is 5.97 Å². The minimum absolute atomic E-state index is 0.155. The third-order valence-corrected chi connectivity index (χ3v) is 3.87. The quantitative estimate of drug-likeness (QED) is 0.620. The maximum absolute atomic E-state index is 11.5. The predicted molar refractivity (Wildman–Crippen MR) is 82.7 cm³/mol. The van der Waals surface area contributed by atoms with Crippen LogP contribution in [0, 0.1) is 11.8 Å². The van der Waals surface area contributed by atoms with E-state index in [1.807, 2.05) is 25.2 Å². The number of hydrogen-bond acceptors (Lipinski definition) is 2. The second-order valence-electron chi connectivity index (χ2n) is 5.71. The number of aliphatic carboxylic acids is 1. The molecule has 2 aliphatic rings. The largest absolute Gasteiger partial charge is 0.478 e. The van der Waals surface area contributed by atoms with Gasteiger partial charge in [0, 0.05) is 18.4 Å². The van der Waals surface area contributed by atoms with Gasteiger partial charge in [0.1, 0.15) is 5.78 Å². The van der Waals surface area contributed by atoms with Crippen molar-refractivity contribution in [2.24, 2.45) is 11.8 Å². The first-order chi connectivity index (χ1) is 9.95. The van der Waals surface area contributed by atoms with Crippen LogP contribution in [0.3, 0.4) is 0 Å². The molecule has 2 aliphatic carbocycles. The summed E-state index contributed by atoms with van der Waals surface area (Å²) < 4.78 is 0. The van der Waals surface area contributed by atoms with Gasteiger partial charge in [-0.2, -0.15) is 0 Å². The first-order valence-corrected chi connectivity index (χ1v) is 7.14. The van der Waals surface area contributed by atoms with Gasteiger partial charge < -0.3 is 5.11 Å². The molecule has 110 valence electrons. The van der Waals surface area contributed by atoms with Crippen molar-refractivity contribution < 1.29 is 14.7 Å². The number of rotatable bonds is 5. The predicted octanol–water partition coefficient (Wildman–Crippen LogP) is 3.61. The van der Waals surface area contributed by atoms with Crippen LogP contribution >= 0.6 is 0 Å². The van der Waals surface area contributed by atoms with Crippen molar-refractivity contribution in [3.63, 3.8) is 0 Å². The average molecular weight is 284 g/mol. The van der Waals surface area contributed by atoms with Gasteiger partial charge in [0.05, 0.1) is 0 Å². The Bertz CT molecular complexity index is 600. The van der Waals surface area contributed by atoms with Gasteiger partial charge in [-0.25, -0.2) is 4.79 Å². The van der Waals surface area contributed by atoms with Crippen LogP contribution in [0.25, 0.3) is 0 Å². The van der Waals surface area contributed by atoms with E-state index < -0.39 is 5.97 Å². The first kappa shape index (κ1) is 15.2. The van der Waals surface area contributed by atoms with Crippen molar-refractivity contribution in [3.8, 4) is 0 Å². The standard InChI is InChI=1S/C18H20O3/c1-12(4-3-5-13(2)8-18(20)21)6-7-14-9-16-10-15(14)11-17(16)19/h3-9,15-16H,10-11H2,1-2H3,(H,20,21)/b5-3?,7-6?,12-4?,13-8+. The normalized spacial score (nSPS) is 26.2. The Morgan fingerprint density at radius 2 is 2.05 bits per heavy atom. The van der Waals surface area contributed by atoms with E-state index in [-0.39, 0.29) is 5.92 Å². The minimum atomic E-state index is -0.935. The summed E-state index contributed by atoms with van der Waals surface area (Å²) in [5.74, 6) is 0.0223. The molecule has 0 aromatic carbocycles. The van der Waals surface area contributed by atoms with Gasteiger partial charge in [-0.05, 0) is 37.3 Å². The van der Waals surface area contributed by atoms with E-state index in [2.05, 4.69) is 12.2 Å². The van der Waals surface area contributed by atoms with Crippen LogP contribution in [-0.2, 0) is 9.59 Å². The molecule has 1 fully saturated rings. The summed E-state index contributed by atoms with van der Waals surface area (Å²) in [5.41, 5.74) is 3.06. The van der Waals surface area contributed by atoms with Gasteiger partial charge in [-0.15, -0.1) is 0 Å². The molecule has 2 bridgehead atoms. The van der Waals surface area contributed by atoms with Crippen LogP contribution in [0.2, 0.25) is 0 Å². The van der Waals surface area contributed by atoms with Crippen LogP contribution in [0.4, 0.5) is 0 Å². The highest BCUT2D eigenvalue weighted by molar-refractivity contribution is 5.87. The topological polar surface area (TPSA) is 54.4 Å². The molecule has 0 aliphatic heterocycles. The summed E-state index contributed by atoms with van der Waals surface area (Å²) in [6, 6.07) is 0. The fourth-order valence-electron chi connectivity index (χ4n) is 2.77. The summed E-state index contributed by atoms with van der Waals surface area (Å²) >= 11 is 0. The highest BCUT2D eigenvalue weighted by Gasteiger charge is 2.37. The van der Waals surface area contributed by atoms with E-state index in [1.165, 1.54) is 11.6 Å². The average Bonchev–Trinajstić information content (AvgIpc) is 2.94. The number of carboxylic acids is 1. The maximum Gasteiger partial charge on any atom is 0.328 e. The number of carbonyl (C=O) groups excluding carboxylic acids is 1. The zero-order chi connectivity index (χ0) is 15.4. The summed E-state index contributed by atoms with van der Waals surface area (Å²) in [6.45, 7) is 3.75. The number of allylic oxidation sites excluding steroid dienone is 9. The van der Waals surface area contributed by atoms with Crippen LogP contribution in [0.15, 0.2) is 59.3 Å². The monoisotopic (exact) mass is 284 g/mol. The number of fused-ring (bicyclic) bond motifs is 2. The van der Waals surface area contributed by atoms with Gasteiger partial charge in [0.15, 0.2) is 0 Å². The Labute approximate surface area is 125 Å². The Balaban J connectivity index is 1.93. The molecule has 0 aromatic heterocycles. The highest BCUT2D eigenvalue weighted by Crippen LogP contribution is 2.41. The molecule has 0 amide bonds. The Kier molecular flexibility index (Phi) is 4.73. The molecule has 3 heteroatoms. The number of carboxylic acid groups (broad SMARTS) is 1. The van der Waals surface area contributed by atoms with E-state index in [0.717, 1.165) is 12.0 Å². The van der Waals surface area contributed by atoms with Crippen LogP contribution in [0.1, 0.15) is 26.7 Å². The lowest BCUT2D eigenvalue weighted by atomic mass is 9.97. The lowest BCUT2D eigenvalue weighted by Crippen LogP contribution is -2.06. The van der Waals surface area contributed by atoms with Crippen molar-refractivity contribution in [1.82, 2.24) is 0 Å². The molecular formula is C18H20O3. The van der Waals surface area contributed by atoms with Crippen LogP contribution in [-0.4, -0.2) is 16.9 Å². The Morgan fingerprint density at radius 3 is 2.62 bits per heavy atom. The van der Waals surface area contributed by atoms with Gasteiger partial charge in [-0.1, -0.05) is 42.0 Å². The van der Waals surface area contributed by atoms with E-state index in [1.54, 1.807) is 13.0 Å². The van der Waals surface area contributed by atoms with E-state index in [0.29, 0.717) is 23.7 Å². The van der Waals surface area contributed by atoms with Gasteiger partial charge in [0.25, 0.3) is 0 Å². The Hall–Kier alpha value is -2.16. The lowest BCUT2D eigenvalue weighted by Gasteiger charge is -2.07. The van der Waals surface area contributed by atoms with Crippen LogP contribution < -0.4 is 0 Å². The van der Waals surface area contributed by atoms with Crippen molar-refractivity contribution in [1.29, 1.82) is 0 Å². The summed E-state index contributed by atoms with van der Waals surface area (Å²) in [5, 5.41) is 8.60. The molecule has 1 saturated carbocycles. The van der Waals surface area contributed by atoms with Gasteiger partial charge in [0.2, 0.25) is 0 Å². The first-order valence-electron chi connectivity index (χ1n) is 7.14. The highest BCUT2D eigenvalue weighted by atomic mass is 16.4. The number of hydrogen-bond donors (Lipinski definition) is 1. The Morgan fingerprint density at radius 1 is 1.29 bits per heavy atom. The summed E-state index contributed by atoms with van der Waals surface area (Å²) in [7, 11) is 0. The van der Waals surface area contributed by atoms with E-state index in [9.17, 15) is 9.59 Å². The molecule has 0 saturated heterocycles. The molecule has 21 heavy (non-hydrogen) atoms. The molecule has 3 nitrogen and oxygen atoms in total. The molecule has 0 spiro atoms. The second kappa shape index (κ2) is 6.53. The third-order valence-electron chi connectivity index (χ3n) is 3.87. The summed E-state index contributed by atoms with van der Waals surface area (Å²) in [6.07, 6.45) is 14.6. The smallest absolute Gasteiger partial charge is 0.328 e. The van der Waals surface area contributed by atoms with Crippen molar-refractivity contribution in [2.75, 3.05) is 0 Å². The van der Waals surface area contributed by atoms with E-state index in [4.69, 9.17) is 5.11 Å². The molecule has 0 radical (unpaired) electrons. The zero-order valence-corrected chi connectivity index (χ0v) is 12.4. The zero-order valence-electron chi connectivity index (χ0n) is 12.4. The molecule has 2 atom stereocenters. The summed E-state index contributed by atoms with van der Waals surface area (Å²) in [4.78, 5) is 21.9. The molecular weight excluding hydrogens is 264 g/mol. The number of Topliss-reactive ketones (excluding diaryl/α,β-unsaturated/α-hetero) is 1. The van der Waals surface area contributed by atoms with E-state index >= 15 is 0 Å². The minimum Gasteiger partial charge on any atom is -0.478 e. The van der Waals surface area contributed by atoms with Crippen molar-refractivity contribution in [2.45, 2.75) is 26.7 Å². The molecule has 2 unspecified atom stereocenters. The molecule has 0 heterocycles. The molecule has 0 aromatic rings. The third kappa shape index (κ3) is 4.15. The molecule has 1 N–H and O–H groups in total. The maximum atomic E-state index is 11.5. The van der Waals surface area contributed by atoms with Crippen molar-refractivity contribution >= 4 is 11.8 Å². The lowest BCUT2D eigenvalue weighted by molar-refractivity contribution is -0.131. The fraction of sp³-hybridized carbons (Fsp3) is 0.333. The van der Waals surface area contributed by atoms with Gasteiger partial charge in [-0.3, -0.25) is 4.79 Å². The van der Waals surface area contributed by atoms with Crippen molar-refractivity contribution in [3.05, 3.63) is 59.3 Å². The SMILES string of the molecule is CC(C=CC1=CC2CC1CC2=O)=CC=C/C(C)=C/C(=O)O. The fourth-order valence-corrected chi connectivity index (χ4v) is 2.77. The second-order valence-corrected chi connectivity index (χ2v) is 5.71. The van der Waals surface area contributed by atoms with Crippen LogP contribution in [0.5, 0.6) is 0 Å². The molecule has 2 rings (SSSR count).